The lowest BCUT2D eigenvalue weighted by molar-refractivity contribution is 0.603. The molecule has 0 aliphatic heterocycles. The number of para-hydroxylation sites is 1. The lowest BCUT2D eigenvalue weighted by Gasteiger charge is -2.09. The Hall–Kier alpha value is -2.27. The van der Waals surface area contributed by atoms with Crippen LogP contribution in [0.2, 0.25) is 5.28 Å². The maximum absolute atomic E-state index is 13.7. The molecule has 0 spiro atoms. The summed E-state index contributed by atoms with van der Waals surface area (Å²) >= 11 is 5.83. The summed E-state index contributed by atoms with van der Waals surface area (Å²) in [7, 11) is 0. The summed E-state index contributed by atoms with van der Waals surface area (Å²) in [4.78, 5) is 8.09. The van der Waals surface area contributed by atoms with E-state index in [4.69, 9.17) is 11.6 Å². The number of rotatable bonds is 2. The van der Waals surface area contributed by atoms with Crippen LogP contribution in [0.5, 0.6) is 0 Å². The Kier molecular flexibility index (Phi) is 3.20. The van der Waals surface area contributed by atoms with Gasteiger partial charge in [-0.05, 0) is 35.9 Å². The molecule has 2 aromatic carbocycles. The molecule has 0 fully saturated rings. The van der Waals surface area contributed by atoms with Crippen LogP contribution in [0.3, 0.4) is 0 Å². The van der Waals surface area contributed by atoms with E-state index in [1.54, 1.807) is 24.3 Å². The molecular weight excluding hydrogens is 284 g/mol. The summed E-state index contributed by atoms with van der Waals surface area (Å²) < 4.78 is 26.8. The molecule has 0 atom stereocenters. The molecule has 3 nitrogen and oxygen atoms in total. The molecule has 1 aromatic heterocycles. The third-order valence-corrected chi connectivity index (χ3v) is 2.93. The van der Waals surface area contributed by atoms with Gasteiger partial charge in [0.1, 0.15) is 17.5 Å². The van der Waals surface area contributed by atoms with Gasteiger partial charge >= 0.3 is 0 Å². The normalized spacial score (nSPS) is 10.8. The van der Waals surface area contributed by atoms with Gasteiger partial charge in [-0.3, -0.25) is 0 Å². The minimum absolute atomic E-state index is 0.00933. The zero-order valence-corrected chi connectivity index (χ0v) is 10.8. The second-order valence-electron chi connectivity index (χ2n) is 4.11. The minimum atomic E-state index is -0.579. The van der Waals surface area contributed by atoms with E-state index in [0.29, 0.717) is 16.7 Å². The van der Waals surface area contributed by atoms with Crippen LogP contribution >= 0.6 is 11.6 Å². The predicted octanol–water partition coefficient (Wildman–Crippen LogP) is 4.31. The van der Waals surface area contributed by atoms with Crippen LogP contribution in [0, 0.1) is 11.6 Å². The number of fused-ring (bicyclic) bond motifs is 1. The van der Waals surface area contributed by atoms with Crippen LogP contribution in [-0.2, 0) is 0 Å². The van der Waals surface area contributed by atoms with Gasteiger partial charge in [0.2, 0.25) is 5.28 Å². The van der Waals surface area contributed by atoms with E-state index in [1.807, 2.05) is 0 Å². The molecule has 1 N–H and O–H groups in total. The van der Waals surface area contributed by atoms with E-state index in [1.165, 1.54) is 0 Å². The SMILES string of the molecule is Fc1ccc(F)c(Nc2nc(Cl)nc3ccccc23)c1. The molecule has 0 saturated heterocycles. The van der Waals surface area contributed by atoms with Crippen molar-refractivity contribution in [1.82, 2.24) is 9.97 Å². The van der Waals surface area contributed by atoms with Gasteiger partial charge in [0.05, 0.1) is 11.2 Å². The Labute approximate surface area is 118 Å². The molecule has 3 aromatic rings. The molecule has 0 aliphatic carbocycles. The van der Waals surface area contributed by atoms with Gasteiger partial charge in [0.25, 0.3) is 0 Å². The Morgan fingerprint density at radius 3 is 2.65 bits per heavy atom. The van der Waals surface area contributed by atoms with Gasteiger partial charge in [-0.1, -0.05) is 12.1 Å². The maximum atomic E-state index is 13.7. The number of benzene rings is 2. The topological polar surface area (TPSA) is 37.8 Å². The number of halogens is 3. The van der Waals surface area contributed by atoms with E-state index < -0.39 is 11.6 Å². The van der Waals surface area contributed by atoms with Crippen molar-refractivity contribution in [3.05, 3.63) is 59.4 Å². The van der Waals surface area contributed by atoms with Crippen molar-refractivity contribution in [2.24, 2.45) is 0 Å². The van der Waals surface area contributed by atoms with Crippen LogP contribution in [0.15, 0.2) is 42.5 Å². The van der Waals surface area contributed by atoms with Crippen molar-refractivity contribution in [3.8, 4) is 0 Å². The molecule has 3 rings (SSSR count). The standard InChI is InChI=1S/C14H8ClF2N3/c15-14-19-11-4-2-1-3-9(11)13(20-14)18-12-7-8(16)5-6-10(12)17/h1-7H,(H,18,19,20). The lowest BCUT2D eigenvalue weighted by Crippen LogP contribution is -1.99. The van der Waals surface area contributed by atoms with E-state index in [0.717, 1.165) is 18.2 Å². The quantitative estimate of drug-likeness (QED) is 0.715. The Balaban J connectivity index is 2.13. The first-order valence-corrected chi connectivity index (χ1v) is 6.15. The summed E-state index contributed by atoms with van der Waals surface area (Å²) in [5.41, 5.74) is 0.608. The fourth-order valence-corrected chi connectivity index (χ4v) is 2.04. The van der Waals surface area contributed by atoms with Gasteiger partial charge in [0.15, 0.2) is 0 Å². The maximum Gasteiger partial charge on any atom is 0.224 e. The van der Waals surface area contributed by atoms with E-state index >= 15 is 0 Å². The number of aromatic nitrogens is 2. The smallest absolute Gasteiger partial charge is 0.224 e. The first-order chi connectivity index (χ1) is 9.63. The third-order valence-electron chi connectivity index (χ3n) is 2.76. The molecule has 0 saturated carbocycles. The lowest BCUT2D eigenvalue weighted by atomic mass is 10.2. The van der Waals surface area contributed by atoms with Crippen LogP contribution in [-0.4, -0.2) is 9.97 Å². The fourth-order valence-electron chi connectivity index (χ4n) is 1.86. The van der Waals surface area contributed by atoms with Gasteiger partial charge in [-0.15, -0.1) is 0 Å². The minimum Gasteiger partial charge on any atom is -0.337 e. The molecule has 20 heavy (non-hydrogen) atoms. The van der Waals surface area contributed by atoms with E-state index in [9.17, 15) is 8.78 Å². The molecule has 0 radical (unpaired) electrons. The highest BCUT2D eigenvalue weighted by atomic mass is 35.5. The summed E-state index contributed by atoms with van der Waals surface area (Å²) in [5, 5.41) is 3.44. The van der Waals surface area contributed by atoms with Crippen molar-refractivity contribution in [3.63, 3.8) is 0 Å². The summed E-state index contributed by atoms with van der Waals surface area (Å²) in [6.07, 6.45) is 0. The summed E-state index contributed by atoms with van der Waals surface area (Å²) in [5.74, 6) is -0.798. The van der Waals surface area contributed by atoms with Crippen LogP contribution in [0.25, 0.3) is 10.9 Å². The van der Waals surface area contributed by atoms with Crippen LogP contribution in [0.1, 0.15) is 0 Å². The highest BCUT2D eigenvalue weighted by Gasteiger charge is 2.09. The first kappa shape index (κ1) is 12.7. The van der Waals surface area contributed by atoms with Crippen molar-refractivity contribution in [2.45, 2.75) is 0 Å². The zero-order valence-electron chi connectivity index (χ0n) is 10.1. The van der Waals surface area contributed by atoms with Gasteiger partial charge in [-0.2, -0.15) is 4.98 Å². The second-order valence-corrected chi connectivity index (χ2v) is 4.45. The third kappa shape index (κ3) is 2.40. The van der Waals surface area contributed by atoms with Crippen molar-refractivity contribution in [2.75, 3.05) is 5.32 Å². The molecule has 0 aliphatic rings. The summed E-state index contributed by atoms with van der Waals surface area (Å²) in [6, 6.07) is 10.3. The molecule has 6 heteroatoms. The predicted molar refractivity (Wildman–Crippen MR) is 74.2 cm³/mol. The average Bonchev–Trinajstić information content (AvgIpc) is 2.43. The van der Waals surface area contributed by atoms with Crippen molar-refractivity contribution >= 4 is 34.0 Å². The zero-order chi connectivity index (χ0) is 14.1. The van der Waals surface area contributed by atoms with Crippen molar-refractivity contribution in [1.29, 1.82) is 0 Å². The van der Waals surface area contributed by atoms with Gasteiger partial charge in [0, 0.05) is 11.5 Å². The second kappa shape index (κ2) is 5.02. The van der Waals surface area contributed by atoms with Crippen LogP contribution < -0.4 is 5.32 Å². The van der Waals surface area contributed by atoms with Gasteiger partial charge < -0.3 is 5.32 Å². The Morgan fingerprint density at radius 1 is 1.00 bits per heavy atom. The van der Waals surface area contributed by atoms with Crippen LogP contribution in [0.4, 0.5) is 20.3 Å². The largest absolute Gasteiger partial charge is 0.337 e. The monoisotopic (exact) mass is 291 g/mol. The summed E-state index contributed by atoms with van der Waals surface area (Å²) in [6.45, 7) is 0. The number of nitrogens with one attached hydrogen (secondary N) is 1. The molecular formula is C14H8ClF2N3. The van der Waals surface area contributed by atoms with Gasteiger partial charge in [-0.25, -0.2) is 13.8 Å². The molecule has 100 valence electrons. The van der Waals surface area contributed by atoms with E-state index in [-0.39, 0.29) is 11.0 Å². The highest BCUT2D eigenvalue weighted by Crippen LogP contribution is 2.26. The number of anilines is 2. The molecule has 0 amide bonds. The Bertz CT molecular complexity index is 792. The van der Waals surface area contributed by atoms with E-state index in [2.05, 4.69) is 15.3 Å². The molecule has 0 unspecified atom stereocenters. The highest BCUT2D eigenvalue weighted by molar-refractivity contribution is 6.28. The number of nitrogens with zero attached hydrogens (tertiary/aromatic N) is 2. The molecule has 0 bridgehead atoms. The Morgan fingerprint density at radius 2 is 1.80 bits per heavy atom. The average molecular weight is 292 g/mol. The van der Waals surface area contributed by atoms with Crippen molar-refractivity contribution < 1.29 is 8.78 Å². The number of hydrogen-bond donors (Lipinski definition) is 1. The fraction of sp³-hybridized carbons (Fsp3) is 0. The number of hydrogen-bond acceptors (Lipinski definition) is 3. The molecule has 1 heterocycles. The first-order valence-electron chi connectivity index (χ1n) is 5.78.